The molecule has 0 spiro atoms. The van der Waals surface area contributed by atoms with Crippen molar-refractivity contribution in [1.29, 1.82) is 0 Å². The molecule has 2 aliphatic rings. The molecule has 0 unspecified atom stereocenters. The standard InChI is InChI=1S/C17H22O2/c1-16(2)13(15(18)19)14(16)17(10-6-7-11-17)12-8-4-3-5-9-12/h3-5,8-9,13-14H,6-7,10-11H2,1-2H3,(H,18,19)/t13-,14+/m0/s1. The summed E-state index contributed by atoms with van der Waals surface area (Å²) in [6, 6.07) is 10.6. The fraction of sp³-hybridized carbons (Fsp3) is 0.588. The molecule has 0 heterocycles. The summed E-state index contributed by atoms with van der Waals surface area (Å²) in [7, 11) is 0. The Kier molecular flexibility index (Phi) is 2.74. The van der Waals surface area contributed by atoms with Gasteiger partial charge in [0.1, 0.15) is 0 Å². The molecule has 19 heavy (non-hydrogen) atoms. The maximum atomic E-state index is 11.5. The number of carboxylic acids is 1. The highest BCUT2D eigenvalue weighted by Crippen LogP contribution is 2.69. The van der Waals surface area contributed by atoms with Gasteiger partial charge in [0.25, 0.3) is 0 Å². The average molecular weight is 258 g/mol. The largest absolute Gasteiger partial charge is 0.481 e. The van der Waals surface area contributed by atoms with Crippen LogP contribution >= 0.6 is 0 Å². The molecule has 0 amide bonds. The van der Waals surface area contributed by atoms with Gasteiger partial charge in [-0.25, -0.2) is 0 Å². The van der Waals surface area contributed by atoms with Crippen molar-refractivity contribution in [2.24, 2.45) is 17.3 Å². The van der Waals surface area contributed by atoms with Gasteiger partial charge in [0.15, 0.2) is 0 Å². The minimum Gasteiger partial charge on any atom is -0.481 e. The van der Waals surface area contributed by atoms with Gasteiger partial charge in [-0.1, -0.05) is 57.0 Å². The number of carbonyl (C=O) groups is 1. The molecule has 0 saturated heterocycles. The summed E-state index contributed by atoms with van der Waals surface area (Å²) in [5.41, 5.74) is 1.40. The van der Waals surface area contributed by atoms with E-state index in [2.05, 4.69) is 38.1 Å². The Morgan fingerprint density at radius 1 is 1.16 bits per heavy atom. The minimum atomic E-state index is -0.614. The van der Waals surface area contributed by atoms with Crippen molar-refractivity contribution in [2.75, 3.05) is 0 Å². The molecule has 0 aromatic heterocycles. The van der Waals surface area contributed by atoms with E-state index in [9.17, 15) is 9.90 Å². The third-order valence-corrected chi connectivity index (χ3v) is 5.53. The van der Waals surface area contributed by atoms with Crippen LogP contribution in [0, 0.1) is 17.3 Å². The van der Waals surface area contributed by atoms with Crippen LogP contribution in [-0.2, 0) is 10.2 Å². The van der Waals surface area contributed by atoms with Crippen LogP contribution < -0.4 is 0 Å². The first kappa shape index (κ1) is 12.7. The third-order valence-electron chi connectivity index (χ3n) is 5.53. The molecular formula is C17H22O2. The molecule has 102 valence electrons. The van der Waals surface area contributed by atoms with Crippen LogP contribution in [0.25, 0.3) is 0 Å². The van der Waals surface area contributed by atoms with E-state index in [1.165, 1.54) is 18.4 Å². The van der Waals surface area contributed by atoms with Crippen molar-refractivity contribution in [3.63, 3.8) is 0 Å². The van der Waals surface area contributed by atoms with Gasteiger partial charge >= 0.3 is 5.97 Å². The Morgan fingerprint density at radius 3 is 2.21 bits per heavy atom. The molecule has 1 aromatic carbocycles. The van der Waals surface area contributed by atoms with Gasteiger partial charge in [0, 0.05) is 0 Å². The van der Waals surface area contributed by atoms with Crippen molar-refractivity contribution in [2.45, 2.75) is 44.9 Å². The molecule has 2 saturated carbocycles. The van der Waals surface area contributed by atoms with Gasteiger partial charge < -0.3 is 5.11 Å². The van der Waals surface area contributed by atoms with E-state index < -0.39 is 5.97 Å². The summed E-state index contributed by atoms with van der Waals surface area (Å²) < 4.78 is 0. The number of hydrogen-bond donors (Lipinski definition) is 1. The minimum absolute atomic E-state index is 0.0635. The van der Waals surface area contributed by atoms with E-state index in [1.54, 1.807) is 0 Å². The average Bonchev–Trinajstić information content (AvgIpc) is 2.77. The van der Waals surface area contributed by atoms with Crippen LogP contribution in [0.1, 0.15) is 45.1 Å². The van der Waals surface area contributed by atoms with Crippen LogP contribution in [0.15, 0.2) is 30.3 Å². The fourth-order valence-electron chi connectivity index (χ4n) is 4.69. The Labute approximate surface area is 114 Å². The predicted molar refractivity (Wildman–Crippen MR) is 75.0 cm³/mol. The highest BCUT2D eigenvalue weighted by molar-refractivity contribution is 5.76. The van der Waals surface area contributed by atoms with Crippen molar-refractivity contribution < 1.29 is 9.90 Å². The molecule has 1 aromatic rings. The summed E-state index contributed by atoms with van der Waals surface area (Å²) in [5.74, 6) is -0.495. The lowest BCUT2D eigenvalue weighted by Gasteiger charge is -2.32. The number of benzene rings is 1. The number of aliphatic carboxylic acids is 1. The highest BCUT2D eigenvalue weighted by atomic mass is 16.4. The van der Waals surface area contributed by atoms with Gasteiger partial charge in [0.05, 0.1) is 5.92 Å². The summed E-state index contributed by atoms with van der Waals surface area (Å²) in [4.78, 5) is 11.5. The Hall–Kier alpha value is -1.31. The summed E-state index contributed by atoms with van der Waals surface area (Å²) in [6.07, 6.45) is 4.76. The molecule has 2 aliphatic carbocycles. The zero-order valence-corrected chi connectivity index (χ0v) is 11.7. The van der Waals surface area contributed by atoms with Crippen molar-refractivity contribution in [3.05, 3.63) is 35.9 Å². The molecule has 2 fully saturated rings. The van der Waals surface area contributed by atoms with Gasteiger partial charge in [0.2, 0.25) is 0 Å². The van der Waals surface area contributed by atoms with E-state index >= 15 is 0 Å². The van der Waals surface area contributed by atoms with Gasteiger partial charge in [-0.3, -0.25) is 4.79 Å². The zero-order valence-electron chi connectivity index (χ0n) is 11.7. The maximum absolute atomic E-state index is 11.5. The first-order chi connectivity index (χ1) is 9.00. The van der Waals surface area contributed by atoms with Crippen LogP contribution in [-0.4, -0.2) is 11.1 Å². The predicted octanol–water partition coefficient (Wildman–Crippen LogP) is 3.86. The van der Waals surface area contributed by atoms with Crippen LogP contribution in [0.2, 0.25) is 0 Å². The Bertz CT molecular complexity index is 483. The molecule has 2 heteroatoms. The molecule has 2 nitrogen and oxygen atoms in total. The molecule has 1 N–H and O–H groups in total. The smallest absolute Gasteiger partial charge is 0.307 e. The highest BCUT2D eigenvalue weighted by Gasteiger charge is 2.70. The van der Waals surface area contributed by atoms with E-state index in [4.69, 9.17) is 0 Å². The number of hydrogen-bond acceptors (Lipinski definition) is 1. The quantitative estimate of drug-likeness (QED) is 0.894. The maximum Gasteiger partial charge on any atom is 0.307 e. The van der Waals surface area contributed by atoms with Crippen molar-refractivity contribution in [1.82, 2.24) is 0 Å². The van der Waals surface area contributed by atoms with E-state index in [0.717, 1.165) is 12.8 Å². The van der Waals surface area contributed by atoms with Gasteiger partial charge in [-0.2, -0.15) is 0 Å². The Morgan fingerprint density at radius 2 is 1.74 bits per heavy atom. The Balaban J connectivity index is 2.02. The lowest BCUT2D eigenvalue weighted by atomic mass is 9.72. The van der Waals surface area contributed by atoms with Crippen LogP contribution in [0.5, 0.6) is 0 Å². The second-order valence-electron chi connectivity index (χ2n) is 6.84. The second-order valence-corrected chi connectivity index (χ2v) is 6.84. The van der Waals surface area contributed by atoms with E-state index in [-0.39, 0.29) is 16.7 Å². The van der Waals surface area contributed by atoms with E-state index in [1.807, 2.05) is 6.07 Å². The number of rotatable bonds is 3. The molecule has 0 aliphatic heterocycles. The summed E-state index contributed by atoms with van der Waals surface area (Å²) in [5, 5.41) is 9.48. The SMILES string of the molecule is CC1(C)[C@H](C(=O)O)[C@H]1C1(c2ccccc2)CCCC1. The molecule has 3 rings (SSSR count). The monoisotopic (exact) mass is 258 g/mol. The van der Waals surface area contributed by atoms with Crippen molar-refractivity contribution >= 4 is 5.97 Å². The first-order valence-electron chi connectivity index (χ1n) is 7.28. The van der Waals surface area contributed by atoms with Crippen molar-refractivity contribution in [3.8, 4) is 0 Å². The molecule has 0 bridgehead atoms. The summed E-state index contributed by atoms with van der Waals surface area (Å²) in [6.45, 7) is 4.25. The molecule has 0 radical (unpaired) electrons. The van der Waals surface area contributed by atoms with E-state index in [0.29, 0.717) is 5.92 Å². The molecule has 2 atom stereocenters. The first-order valence-corrected chi connectivity index (χ1v) is 7.28. The second kappa shape index (κ2) is 4.09. The topological polar surface area (TPSA) is 37.3 Å². The normalized spacial score (nSPS) is 31.1. The summed E-state index contributed by atoms with van der Waals surface area (Å²) >= 11 is 0. The van der Waals surface area contributed by atoms with Gasteiger partial charge in [-0.05, 0) is 35.2 Å². The lowest BCUT2D eigenvalue weighted by molar-refractivity contribution is -0.139. The van der Waals surface area contributed by atoms with Gasteiger partial charge in [-0.15, -0.1) is 0 Å². The van der Waals surface area contributed by atoms with Crippen LogP contribution in [0.3, 0.4) is 0 Å². The number of carboxylic acid groups (broad SMARTS) is 1. The third kappa shape index (κ3) is 1.73. The fourth-order valence-corrected chi connectivity index (χ4v) is 4.69. The molecular weight excluding hydrogens is 236 g/mol. The van der Waals surface area contributed by atoms with Crippen LogP contribution in [0.4, 0.5) is 0 Å². The zero-order chi connectivity index (χ0) is 13.7. The lowest BCUT2D eigenvalue weighted by Crippen LogP contribution is -2.28.